The summed E-state index contributed by atoms with van der Waals surface area (Å²) in [4.78, 5) is 5.60. The fourth-order valence-electron chi connectivity index (χ4n) is 1.98. The van der Waals surface area contributed by atoms with Gasteiger partial charge in [0.25, 0.3) is 0 Å². The molecule has 78 valence electrons. The van der Waals surface area contributed by atoms with Crippen molar-refractivity contribution in [3.05, 3.63) is 15.0 Å². The van der Waals surface area contributed by atoms with Gasteiger partial charge < -0.3 is 5.73 Å². The van der Waals surface area contributed by atoms with Gasteiger partial charge in [-0.25, -0.2) is 4.98 Å². The Hall–Kier alpha value is -0.120. The minimum absolute atomic E-state index is 0.659. The lowest BCUT2D eigenvalue weighted by atomic mass is 10.1. The third kappa shape index (κ3) is 2.10. The molecule has 4 heteroatoms. The molecule has 0 spiro atoms. The van der Waals surface area contributed by atoms with Crippen LogP contribution in [-0.2, 0) is 6.42 Å². The lowest BCUT2D eigenvalue weighted by Gasteiger charge is -2.01. The number of nitrogens with two attached hydrogens (primary N) is 1. The molecule has 1 aliphatic carbocycles. The van der Waals surface area contributed by atoms with Crippen LogP contribution in [0.25, 0.3) is 0 Å². The predicted molar refractivity (Wildman–Crippen MR) is 61.1 cm³/mol. The second-order valence-corrected chi connectivity index (χ2v) is 5.26. The second-order valence-electron chi connectivity index (χ2n) is 3.79. The highest BCUT2D eigenvalue weighted by Crippen LogP contribution is 2.38. The van der Waals surface area contributed by atoms with Gasteiger partial charge in [0.1, 0.15) is 5.15 Å². The number of nitrogens with zero attached hydrogens (tertiary/aromatic N) is 1. The molecule has 2 rings (SSSR count). The molecule has 1 heterocycles. The summed E-state index contributed by atoms with van der Waals surface area (Å²) < 4.78 is 0. The van der Waals surface area contributed by atoms with Crippen LogP contribution in [0.4, 0.5) is 0 Å². The Balaban J connectivity index is 2.14. The molecule has 0 aliphatic heterocycles. The molecule has 1 saturated carbocycles. The summed E-state index contributed by atoms with van der Waals surface area (Å²) >= 11 is 7.80. The van der Waals surface area contributed by atoms with Crippen LogP contribution >= 0.6 is 22.9 Å². The first-order valence-corrected chi connectivity index (χ1v) is 6.36. The van der Waals surface area contributed by atoms with E-state index in [1.54, 1.807) is 11.3 Å². The highest BCUT2D eigenvalue weighted by molar-refractivity contribution is 7.12. The van der Waals surface area contributed by atoms with Crippen LogP contribution in [0, 0.1) is 0 Å². The van der Waals surface area contributed by atoms with E-state index in [4.69, 9.17) is 17.3 Å². The molecule has 0 atom stereocenters. The van der Waals surface area contributed by atoms with E-state index in [0.29, 0.717) is 17.6 Å². The number of hydrogen-bond donors (Lipinski definition) is 1. The molecule has 0 aromatic carbocycles. The average molecular weight is 231 g/mol. The first-order chi connectivity index (χ1) is 6.81. The van der Waals surface area contributed by atoms with Gasteiger partial charge in [-0.2, -0.15) is 0 Å². The molecule has 1 aromatic heterocycles. The molecule has 0 unspecified atom stereocenters. The molecule has 14 heavy (non-hydrogen) atoms. The summed E-state index contributed by atoms with van der Waals surface area (Å²) in [5.41, 5.74) is 5.51. The molecule has 1 aliphatic rings. The Kier molecular flexibility index (Phi) is 3.42. The summed E-state index contributed by atoms with van der Waals surface area (Å²) in [5.74, 6) is 0.670. The zero-order valence-electron chi connectivity index (χ0n) is 8.13. The smallest absolute Gasteiger partial charge is 0.143 e. The van der Waals surface area contributed by atoms with Crippen molar-refractivity contribution in [2.24, 2.45) is 5.73 Å². The standard InChI is InChI=1S/C10H15ClN2S/c11-9-8(5-6-12)14-10(13-9)7-3-1-2-4-7/h7H,1-6,12H2. The van der Waals surface area contributed by atoms with Crippen molar-refractivity contribution in [3.8, 4) is 0 Å². The van der Waals surface area contributed by atoms with Crippen LogP contribution in [0.3, 0.4) is 0 Å². The third-order valence-corrected chi connectivity index (χ3v) is 4.44. The van der Waals surface area contributed by atoms with Crippen molar-refractivity contribution in [1.82, 2.24) is 4.98 Å². The minimum Gasteiger partial charge on any atom is -0.330 e. The van der Waals surface area contributed by atoms with Gasteiger partial charge in [0.05, 0.1) is 5.01 Å². The van der Waals surface area contributed by atoms with Crippen LogP contribution < -0.4 is 5.73 Å². The molecule has 2 nitrogen and oxygen atoms in total. The van der Waals surface area contributed by atoms with Gasteiger partial charge in [0, 0.05) is 10.8 Å². The number of aromatic nitrogens is 1. The average Bonchev–Trinajstić information content (AvgIpc) is 2.76. The van der Waals surface area contributed by atoms with E-state index >= 15 is 0 Å². The first kappa shape index (κ1) is 10.4. The SMILES string of the molecule is NCCc1sc(C2CCCC2)nc1Cl. The number of thiazole rings is 1. The molecular weight excluding hydrogens is 216 g/mol. The maximum Gasteiger partial charge on any atom is 0.143 e. The quantitative estimate of drug-likeness (QED) is 0.867. The van der Waals surface area contributed by atoms with Gasteiger partial charge in [0.2, 0.25) is 0 Å². The van der Waals surface area contributed by atoms with E-state index in [9.17, 15) is 0 Å². The molecule has 1 aromatic rings. The Morgan fingerprint density at radius 1 is 1.43 bits per heavy atom. The van der Waals surface area contributed by atoms with Gasteiger partial charge in [-0.3, -0.25) is 0 Å². The Morgan fingerprint density at radius 3 is 2.79 bits per heavy atom. The van der Waals surface area contributed by atoms with Crippen LogP contribution in [0.15, 0.2) is 0 Å². The summed E-state index contributed by atoms with van der Waals surface area (Å²) in [6.07, 6.45) is 6.11. The van der Waals surface area contributed by atoms with Crippen LogP contribution in [-0.4, -0.2) is 11.5 Å². The van der Waals surface area contributed by atoms with Gasteiger partial charge in [-0.15, -0.1) is 11.3 Å². The highest BCUT2D eigenvalue weighted by Gasteiger charge is 2.21. The van der Waals surface area contributed by atoms with Gasteiger partial charge >= 0.3 is 0 Å². The Labute approximate surface area is 93.5 Å². The van der Waals surface area contributed by atoms with E-state index < -0.39 is 0 Å². The van der Waals surface area contributed by atoms with E-state index in [1.165, 1.54) is 30.7 Å². The van der Waals surface area contributed by atoms with Crippen LogP contribution in [0.1, 0.15) is 41.5 Å². The summed E-state index contributed by atoms with van der Waals surface area (Å²) in [6, 6.07) is 0. The maximum atomic E-state index is 6.05. The van der Waals surface area contributed by atoms with E-state index in [-0.39, 0.29) is 0 Å². The van der Waals surface area contributed by atoms with Crippen molar-refractivity contribution >= 4 is 22.9 Å². The van der Waals surface area contributed by atoms with Gasteiger partial charge in [-0.05, 0) is 25.8 Å². The largest absolute Gasteiger partial charge is 0.330 e. The molecule has 1 fully saturated rings. The summed E-state index contributed by atoms with van der Waals surface area (Å²) in [6.45, 7) is 0.659. The Morgan fingerprint density at radius 2 is 2.14 bits per heavy atom. The van der Waals surface area contributed by atoms with Crippen LogP contribution in [0.2, 0.25) is 5.15 Å². The normalized spacial score (nSPS) is 17.9. The molecule has 0 saturated heterocycles. The molecule has 0 amide bonds. The number of hydrogen-bond acceptors (Lipinski definition) is 3. The van der Waals surface area contributed by atoms with Gasteiger partial charge in [0.15, 0.2) is 0 Å². The predicted octanol–water partition coefficient (Wildman–Crippen LogP) is 2.96. The highest BCUT2D eigenvalue weighted by atomic mass is 35.5. The van der Waals surface area contributed by atoms with Crippen LogP contribution in [0.5, 0.6) is 0 Å². The number of halogens is 1. The molecule has 0 bridgehead atoms. The van der Waals surface area contributed by atoms with E-state index in [0.717, 1.165) is 11.3 Å². The lowest BCUT2D eigenvalue weighted by molar-refractivity contribution is 0.716. The molecule has 0 radical (unpaired) electrons. The maximum absolute atomic E-state index is 6.05. The Bertz CT molecular complexity index is 305. The fourth-order valence-corrected chi connectivity index (χ4v) is 3.48. The number of rotatable bonds is 3. The van der Waals surface area contributed by atoms with Gasteiger partial charge in [-0.1, -0.05) is 24.4 Å². The van der Waals surface area contributed by atoms with Crippen molar-refractivity contribution in [1.29, 1.82) is 0 Å². The molecule has 2 N–H and O–H groups in total. The van der Waals surface area contributed by atoms with E-state index in [2.05, 4.69) is 4.98 Å². The fraction of sp³-hybridized carbons (Fsp3) is 0.700. The van der Waals surface area contributed by atoms with Crippen molar-refractivity contribution in [2.45, 2.75) is 38.0 Å². The zero-order chi connectivity index (χ0) is 9.97. The topological polar surface area (TPSA) is 38.9 Å². The van der Waals surface area contributed by atoms with Crippen molar-refractivity contribution in [3.63, 3.8) is 0 Å². The summed E-state index contributed by atoms with van der Waals surface area (Å²) in [7, 11) is 0. The van der Waals surface area contributed by atoms with Crippen molar-refractivity contribution < 1.29 is 0 Å². The second kappa shape index (κ2) is 4.60. The third-order valence-electron chi connectivity index (χ3n) is 2.74. The zero-order valence-corrected chi connectivity index (χ0v) is 9.70. The monoisotopic (exact) mass is 230 g/mol. The lowest BCUT2D eigenvalue weighted by Crippen LogP contribution is -2.01. The minimum atomic E-state index is 0.659. The van der Waals surface area contributed by atoms with Crippen molar-refractivity contribution in [2.75, 3.05) is 6.54 Å². The van der Waals surface area contributed by atoms with E-state index in [1.807, 2.05) is 0 Å². The summed E-state index contributed by atoms with van der Waals surface area (Å²) in [5, 5.41) is 1.92. The molecular formula is C10H15ClN2S. The first-order valence-electron chi connectivity index (χ1n) is 5.16.